The Kier molecular flexibility index (Phi) is 10.2. The zero-order valence-corrected chi connectivity index (χ0v) is 10.3. The van der Waals surface area contributed by atoms with Crippen LogP contribution in [0.15, 0.2) is 0 Å². The van der Waals surface area contributed by atoms with E-state index in [9.17, 15) is 9.59 Å². The van der Waals surface area contributed by atoms with E-state index < -0.39 is 0 Å². The third kappa shape index (κ3) is 6.72. The van der Waals surface area contributed by atoms with Crippen LogP contribution in [0.2, 0.25) is 0 Å². The van der Waals surface area contributed by atoms with Crippen LogP contribution in [0.5, 0.6) is 0 Å². The zero-order chi connectivity index (χ0) is 8.73. The smallest absolute Gasteiger partial charge is 0.225 e. The van der Waals surface area contributed by atoms with Crippen LogP contribution in [-0.2, 0) is 9.59 Å². The van der Waals surface area contributed by atoms with Gasteiger partial charge in [-0.1, -0.05) is 0 Å². The first-order chi connectivity index (χ1) is 4.55. The van der Waals surface area contributed by atoms with E-state index in [1.165, 1.54) is 20.9 Å². The van der Waals surface area contributed by atoms with Gasteiger partial charge in [-0.15, -0.1) is 0 Å². The van der Waals surface area contributed by atoms with E-state index in [1.54, 1.807) is 0 Å². The molecule has 0 aliphatic carbocycles. The van der Waals surface area contributed by atoms with Crippen LogP contribution in [0.4, 0.5) is 0 Å². The van der Waals surface area contributed by atoms with Crippen LogP contribution in [-0.4, -0.2) is 23.8 Å². The Morgan fingerprint density at radius 2 is 1.30 bits per heavy atom. The Balaban J connectivity index is 0. The van der Waals surface area contributed by atoms with Crippen molar-refractivity contribution < 1.29 is 9.59 Å². The number of carbonyl (C=O) groups excluding carboxylic acids is 2. The molecule has 0 unspecified atom stereocenters. The fourth-order valence-corrected chi connectivity index (χ4v) is 0.222. The first-order valence-corrected chi connectivity index (χ1v) is 8.73. The summed E-state index contributed by atoms with van der Waals surface area (Å²) in [6, 6.07) is 0. The molecule has 0 aromatic carbocycles. The van der Waals surface area contributed by atoms with Gasteiger partial charge in [0.25, 0.3) is 0 Å². The van der Waals surface area contributed by atoms with Crippen LogP contribution in [0.25, 0.3) is 0 Å². The molecular formula is C5H9I2NO2. The number of rotatable bonds is 0. The molecule has 0 saturated heterocycles. The summed E-state index contributed by atoms with van der Waals surface area (Å²) in [5.41, 5.74) is 0. The molecule has 5 heteroatoms. The largest absolute Gasteiger partial charge is 0.286 e. The topological polar surface area (TPSA) is 37.4 Å². The van der Waals surface area contributed by atoms with Gasteiger partial charge in [0, 0.05) is 58.1 Å². The lowest BCUT2D eigenvalue weighted by atomic mass is 10.5. The maximum atomic E-state index is 10.3. The van der Waals surface area contributed by atoms with Gasteiger partial charge in [0.1, 0.15) is 0 Å². The minimum absolute atomic E-state index is 0.225. The summed E-state index contributed by atoms with van der Waals surface area (Å²) in [5.74, 6) is -0.449. The highest BCUT2D eigenvalue weighted by molar-refractivity contribution is 15.0. The second-order valence-corrected chi connectivity index (χ2v) is 1.60. The van der Waals surface area contributed by atoms with Gasteiger partial charge < -0.3 is 0 Å². The van der Waals surface area contributed by atoms with Gasteiger partial charge in [-0.05, 0) is 0 Å². The molecule has 10 heavy (non-hydrogen) atoms. The number of carbonyl (C=O) groups is 2. The zero-order valence-electron chi connectivity index (χ0n) is 6.02. The highest BCUT2D eigenvalue weighted by Gasteiger charge is 2.04. The molecule has 0 aromatic rings. The SMILES string of the molecule is CC(=O)N(C)C(C)=O.II. The van der Waals surface area contributed by atoms with Crippen LogP contribution >= 0.6 is 37.2 Å². The van der Waals surface area contributed by atoms with Crippen molar-refractivity contribution in [3.8, 4) is 0 Å². The summed E-state index contributed by atoms with van der Waals surface area (Å²) in [7, 11) is 1.45. The van der Waals surface area contributed by atoms with E-state index in [2.05, 4.69) is 37.2 Å². The third-order valence-electron chi connectivity index (χ3n) is 0.945. The summed E-state index contributed by atoms with van der Waals surface area (Å²) in [6.07, 6.45) is 0. The quantitative estimate of drug-likeness (QED) is 0.611. The van der Waals surface area contributed by atoms with E-state index in [1.807, 2.05) is 0 Å². The minimum atomic E-state index is -0.225. The molecule has 0 atom stereocenters. The second kappa shape index (κ2) is 7.70. The van der Waals surface area contributed by atoms with Crippen molar-refractivity contribution in [2.45, 2.75) is 13.8 Å². The number of hydrogen-bond acceptors (Lipinski definition) is 2. The van der Waals surface area contributed by atoms with E-state index in [0.717, 1.165) is 4.90 Å². The molecule has 3 nitrogen and oxygen atoms in total. The van der Waals surface area contributed by atoms with Crippen molar-refractivity contribution >= 4 is 49.0 Å². The van der Waals surface area contributed by atoms with Crippen molar-refractivity contribution in [2.75, 3.05) is 7.05 Å². The number of hydrogen-bond donors (Lipinski definition) is 0. The van der Waals surface area contributed by atoms with Gasteiger partial charge in [-0.25, -0.2) is 0 Å². The van der Waals surface area contributed by atoms with E-state index >= 15 is 0 Å². The third-order valence-corrected chi connectivity index (χ3v) is 0.945. The van der Waals surface area contributed by atoms with E-state index in [4.69, 9.17) is 0 Å². The molecule has 60 valence electrons. The molecule has 0 fully saturated rings. The lowest BCUT2D eigenvalue weighted by Crippen LogP contribution is -2.28. The van der Waals surface area contributed by atoms with Gasteiger partial charge >= 0.3 is 0 Å². The first-order valence-electron chi connectivity index (χ1n) is 2.45. The van der Waals surface area contributed by atoms with Gasteiger partial charge in [0.15, 0.2) is 0 Å². The average Bonchev–Trinajstić information content (AvgIpc) is 1.90. The lowest BCUT2D eigenvalue weighted by Gasteiger charge is -2.07. The fourth-order valence-electron chi connectivity index (χ4n) is 0.222. The lowest BCUT2D eigenvalue weighted by molar-refractivity contribution is -0.140. The van der Waals surface area contributed by atoms with E-state index in [0.29, 0.717) is 0 Å². The Morgan fingerprint density at radius 3 is 1.30 bits per heavy atom. The normalized spacial score (nSPS) is 7.30. The minimum Gasteiger partial charge on any atom is -0.286 e. The molecule has 0 spiro atoms. The highest BCUT2D eigenvalue weighted by atomic mass is 128. The van der Waals surface area contributed by atoms with E-state index in [-0.39, 0.29) is 11.8 Å². The molecule has 0 aliphatic heterocycles. The maximum Gasteiger partial charge on any atom is 0.225 e. The summed E-state index contributed by atoms with van der Waals surface area (Å²) < 4.78 is 0. The Morgan fingerprint density at radius 1 is 1.10 bits per heavy atom. The molecule has 0 rings (SSSR count). The first kappa shape index (κ1) is 13.2. The van der Waals surface area contributed by atoms with Gasteiger partial charge in [-0.2, -0.15) is 0 Å². The number of imide groups is 1. The van der Waals surface area contributed by atoms with Crippen molar-refractivity contribution in [3.63, 3.8) is 0 Å². The molecule has 0 saturated carbocycles. The van der Waals surface area contributed by atoms with Crippen molar-refractivity contribution in [1.82, 2.24) is 4.90 Å². The van der Waals surface area contributed by atoms with Crippen molar-refractivity contribution in [1.29, 1.82) is 0 Å². The van der Waals surface area contributed by atoms with Crippen LogP contribution in [0.3, 0.4) is 0 Å². The fraction of sp³-hybridized carbons (Fsp3) is 0.600. The summed E-state index contributed by atoms with van der Waals surface area (Å²) in [5, 5.41) is 0. The predicted octanol–water partition coefficient (Wildman–Crippen LogP) is 1.78. The molecule has 0 aliphatic rings. The van der Waals surface area contributed by atoms with Crippen LogP contribution in [0, 0.1) is 0 Å². The molecular weight excluding hydrogens is 360 g/mol. The Labute approximate surface area is 83.8 Å². The van der Waals surface area contributed by atoms with Crippen LogP contribution < -0.4 is 0 Å². The Bertz CT molecular complexity index is 113. The molecule has 2 amide bonds. The number of halogens is 2. The number of nitrogens with zero attached hydrogens (tertiary/aromatic N) is 1. The number of amides is 2. The molecule has 0 heterocycles. The van der Waals surface area contributed by atoms with Crippen molar-refractivity contribution in [2.24, 2.45) is 0 Å². The monoisotopic (exact) mass is 369 g/mol. The van der Waals surface area contributed by atoms with Gasteiger partial charge in [0.05, 0.1) is 0 Å². The second-order valence-electron chi connectivity index (χ2n) is 1.60. The maximum absolute atomic E-state index is 10.3. The summed E-state index contributed by atoms with van der Waals surface area (Å²) in [6.45, 7) is 2.70. The average molecular weight is 369 g/mol. The van der Waals surface area contributed by atoms with Gasteiger partial charge in [-0.3, -0.25) is 14.5 Å². The summed E-state index contributed by atoms with van der Waals surface area (Å²) in [4.78, 5) is 21.6. The Hall–Kier alpha value is 0.600. The van der Waals surface area contributed by atoms with Crippen molar-refractivity contribution in [3.05, 3.63) is 0 Å². The molecule has 0 aromatic heterocycles. The molecule has 0 bridgehead atoms. The molecule has 0 radical (unpaired) electrons. The van der Waals surface area contributed by atoms with Crippen LogP contribution in [0.1, 0.15) is 13.8 Å². The van der Waals surface area contributed by atoms with Gasteiger partial charge in [0.2, 0.25) is 11.8 Å². The predicted molar refractivity (Wildman–Crippen MR) is 57.2 cm³/mol. The standard InChI is InChI=1S/C5H9NO2.I2/c1-4(7)6(3)5(2)8;1-2/h1-3H3;. The highest BCUT2D eigenvalue weighted by Crippen LogP contribution is 1.89. The summed E-state index contributed by atoms with van der Waals surface area (Å²) >= 11 is 4.24. The molecule has 0 N–H and O–H groups in total.